The van der Waals surface area contributed by atoms with Crippen LogP contribution < -0.4 is 5.73 Å². The molecule has 0 aromatic rings. The molecule has 2 saturated carbocycles. The summed E-state index contributed by atoms with van der Waals surface area (Å²) in [7, 11) is 0. The molecule has 5 nitrogen and oxygen atoms in total. The number of carbonyl (C=O) groups is 1. The quantitative estimate of drug-likeness (QED) is 0.325. The first-order valence-electron chi connectivity index (χ1n) is 6.82. The summed E-state index contributed by atoms with van der Waals surface area (Å²) in [6.07, 6.45) is 4.65. The monoisotopic (exact) mass is 253 g/mol. The van der Waals surface area contributed by atoms with Gasteiger partial charge in [0.15, 0.2) is 5.84 Å². The predicted molar refractivity (Wildman–Crippen MR) is 69.2 cm³/mol. The summed E-state index contributed by atoms with van der Waals surface area (Å²) < 4.78 is 0. The number of carbonyl (C=O) groups excluding carboxylic acids is 1. The van der Waals surface area contributed by atoms with E-state index in [2.05, 4.69) is 5.16 Å². The highest BCUT2D eigenvalue weighted by Crippen LogP contribution is 2.36. The molecule has 102 valence electrons. The van der Waals surface area contributed by atoms with Gasteiger partial charge in [0.1, 0.15) is 5.92 Å². The molecular formula is C13H23N3O2. The molecule has 0 saturated heterocycles. The van der Waals surface area contributed by atoms with Crippen LogP contribution in [0.1, 0.15) is 39.5 Å². The van der Waals surface area contributed by atoms with E-state index in [9.17, 15) is 4.79 Å². The Bertz CT molecular complexity index is 346. The second kappa shape index (κ2) is 5.16. The number of nitrogens with two attached hydrogens (primary N) is 1. The van der Waals surface area contributed by atoms with Crippen LogP contribution in [-0.4, -0.2) is 34.4 Å². The standard InChI is InChI=1S/C13H23N3O2/c1-8(2)11(12(14)15-18)13(17)16(10-5-6-10)7-9-3-4-9/h8-11,18H,3-7H2,1-2H3,(H2,14,15). The van der Waals surface area contributed by atoms with Gasteiger partial charge in [0.2, 0.25) is 5.91 Å². The van der Waals surface area contributed by atoms with Crippen LogP contribution in [0, 0.1) is 17.8 Å². The Labute approximate surface area is 108 Å². The maximum absolute atomic E-state index is 12.6. The van der Waals surface area contributed by atoms with Crippen LogP contribution in [0.3, 0.4) is 0 Å². The van der Waals surface area contributed by atoms with Crippen LogP contribution >= 0.6 is 0 Å². The average molecular weight is 253 g/mol. The van der Waals surface area contributed by atoms with Crippen molar-refractivity contribution in [1.29, 1.82) is 0 Å². The van der Waals surface area contributed by atoms with E-state index in [4.69, 9.17) is 10.9 Å². The van der Waals surface area contributed by atoms with Crippen molar-refractivity contribution in [3.8, 4) is 0 Å². The Morgan fingerprint density at radius 2 is 2.00 bits per heavy atom. The van der Waals surface area contributed by atoms with Gasteiger partial charge < -0.3 is 15.8 Å². The third-order valence-electron chi connectivity index (χ3n) is 3.79. The number of hydrogen-bond donors (Lipinski definition) is 2. The van der Waals surface area contributed by atoms with Crippen molar-refractivity contribution >= 4 is 11.7 Å². The molecule has 0 spiro atoms. The molecule has 1 unspecified atom stereocenters. The average Bonchev–Trinajstić information content (AvgIpc) is 3.16. The van der Waals surface area contributed by atoms with E-state index in [1.54, 1.807) is 0 Å². The van der Waals surface area contributed by atoms with E-state index in [0.29, 0.717) is 12.0 Å². The zero-order chi connectivity index (χ0) is 13.3. The van der Waals surface area contributed by atoms with Gasteiger partial charge in [-0.1, -0.05) is 19.0 Å². The van der Waals surface area contributed by atoms with Crippen molar-refractivity contribution in [2.75, 3.05) is 6.54 Å². The molecular weight excluding hydrogens is 230 g/mol. The van der Waals surface area contributed by atoms with Crippen LogP contribution in [0.2, 0.25) is 0 Å². The largest absolute Gasteiger partial charge is 0.409 e. The maximum atomic E-state index is 12.6. The molecule has 0 aromatic carbocycles. The van der Waals surface area contributed by atoms with Crippen molar-refractivity contribution in [1.82, 2.24) is 4.90 Å². The lowest BCUT2D eigenvalue weighted by molar-refractivity contribution is -0.135. The van der Waals surface area contributed by atoms with Gasteiger partial charge in [0, 0.05) is 12.6 Å². The molecule has 2 aliphatic carbocycles. The molecule has 0 heterocycles. The first kappa shape index (κ1) is 13.2. The minimum absolute atomic E-state index is 0.0368. The van der Waals surface area contributed by atoms with E-state index >= 15 is 0 Å². The van der Waals surface area contributed by atoms with Crippen LogP contribution in [-0.2, 0) is 4.79 Å². The minimum Gasteiger partial charge on any atom is -0.409 e. The fourth-order valence-corrected chi connectivity index (χ4v) is 2.38. The van der Waals surface area contributed by atoms with Crippen molar-refractivity contribution in [3.63, 3.8) is 0 Å². The first-order chi connectivity index (χ1) is 8.54. The highest BCUT2D eigenvalue weighted by Gasteiger charge is 2.40. The second-order valence-electron chi connectivity index (χ2n) is 5.91. The molecule has 5 heteroatoms. The molecule has 0 radical (unpaired) electrons. The summed E-state index contributed by atoms with van der Waals surface area (Å²) in [6, 6.07) is 0.394. The lowest BCUT2D eigenvalue weighted by Crippen LogP contribution is -2.46. The number of oxime groups is 1. The van der Waals surface area contributed by atoms with E-state index in [1.807, 2.05) is 18.7 Å². The fourth-order valence-electron chi connectivity index (χ4n) is 2.38. The molecule has 2 aliphatic rings. The van der Waals surface area contributed by atoms with Crippen molar-refractivity contribution in [2.24, 2.45) is 28.6 Å². The number of hydrogen-bond acceptors (Lipinski definition) is 3. The van der Waals surface area contributed by atoms with Gasteiger partial charge in [-0.25, -0.2) is 0 Å². The normalized spacial score (nSPS) is 22.1. The Morgan fingerprint density at radius 3 is 2.39 bits per heavy atom. The first-order valence-corrected chi connectivity index (χ1v) is 6.82. The SMILES string of the molecule is CC(C)C(C(=O)N(CC1CC1)C1CC1)C(N)=NO. The third kappa shape index (κ3) is 2.94. The lowest BCUT2D eigenvalue weighted by atomic mass is 9.93. The number of nitrogens with zero attached hydrogens (tertiary/aromatic N) is 2. The highest BCUT2D eigenvalue weighted by molar-refractivity contribution is 6.02. The van der Waals surface area contributed by atoms with Crippen molar-refractivity contribution in [3.05, 3.63) is 0 Å². The molecule has 2 rings (SSSR count). The molecule has 1 atom stereocenters. The Balaban J connectivity index is 2.08. The molecule has 0 aliphatic heterocycles. The van der Waals surface area contributed by atoms with Gasteiger partial charge in [-0.2, -0.15) is 0 Å². The number of amides is 1. The predicted octanol–water partition coefficient (Wildman–Crippen LogP) is 1.41. The third-order valence-corrected chi connectivity index (χ3v) is 3.79. The summed E-state index contributed by atoms with van der Waals surface area (Å²) >= 11 is 0. The summed E-state index contributed by atoms with van der Waals surface area (Å²) in [4.78, 5) is 14.6. The molecule has 0 aromatic heterocycles. The van der Waals surface area contributed by atoms with Gasteiger partial charge >= 0.3 is 0 Å². The van der Waals surface area contributed by atoms with Gasteiger partial charge in [0.05, 0.1) is 0 Å². The molecule has 3 N–H and O–H groups in total. The van der Waals surface area contributed by atoms with Gasteiger partial charge in [-0.3, -0.25) is 4.79 Å². The zero-order valence-electron chi connectivity index (χ0n) is 11.2. The Hall–Kier alpha value is -1.26. The van der Waals surface area contributed by atoms with Gasteiger partial charge in [-0.15, -0.1) is 0 Å². The summed E-state index contributed by atoms with van der Waals surface area (Å²) in [5.74, 6) is 0.309. The summed E-state index contributed by atoms with van der Waals surface area (Å²) in [6.45, 7) is 4.72. The van der Waals surface area contributed by atoms with E-state index in [1.165, 1.54) is 12.8 Å². The highest BCUT2D eigenvalue weighted by atomic mass is 16.4. The zero-order valence-corrected chi connectivity index (χ0v) is 11.2. The maximum Gasteiger partial charge on any atom is 0.233 e. The number of amidine groups is 1. The molecule has 1 amide bonds. The minimum atomic E-state index is -0.491. The van der Waals surface area contributed by atoms with Crippen molar-refractivity contribution in [2.45, 2.75) is 45.6 Å². The van der Waals surface area contributed by atoms with Crippen LogP contribution in [0.25, 0.3) is 0 Å². The topological polar surface area (TPSA) is 78.9 Å². The van der Waals surface area contributed by atoms with Gasteiger partial charge in [0.25, 0.3) is 0 Å². The number of rotatable bonds is 6. The summed E-state index contributed by atoms with van der Waals surface area (Å²) in [5, 5.41) is 11.9. The van der Waals surface area contributed by atoms with E-state index in [-0.39, 0.29) is 17.7 Å². The van der Waals surface area contributed by atoms with Crippen LogP contribution in [0.5, 0.6) is 0 Å². The molecule has 18 heavy (non-hydrogen) atoms. The lowest BCUT2D eigenvalue weighted by Gasteiger charge is -2.28. The molecule has 2 fully saturated rings. The van der Waals surface area contributed by atoms with E-state index < -0.39 is 5.92 Å². The summed E-state index contributed by atoms with van der Waals surface area (Å²) in [5.41, 5.74) is 5.68. The second-order valence-corrected chi connectivity index (χ2v) is 5.91. The van der Waals surface area contributed by atoms with Crippen molar-refractivity contribution < 1.29 is 10.0 Å². The Morgan fingerprint density at radius 1 is 1.39 bits per heavy atom. The molecule has 0 bridgehead atoms. The van der Waals surface area contributed by atoms with E-state index in [0.717, 1.165) is 19.4 Å². The van der Waals surface area contributed by atoms with Crippen LogP contribution in [0.4, 0.5) is 0 Å². The van der Waals surface area contributed by atoms with Crippen LogP contribution in [0.15, 0.2) is 5.16 Å². The van der Waals surface area contributed by atoms with Gasteiger partial charge in [-0.05, 0) is 37.5 Å². The smallest absolute Gasteiger partial charge is 0.233 e. The fraction of sp³-hybridized carbons (Fsp3) is 0.846. The Kier molecular flexibility index (Phi) is 3.78.